The number of aryl methyl sites for hydroxylation is 1. The zero-order chi connectivity index (χ0) is 13.9. The smallest absolute Gasteiger partial charge is 0.180 e. The van der Waals surface area contributed by atoms with E-state index in [1.54, 1.807) is 11.3 Å². The molecule has 1 aliphatic heterocycles. The highest BCUT2D eigenvalue weighted by Crippen LogP contribution is 2.18. The summed E-state index contributed by atoms with van der Waals surface area (Å²) in [6.07, 6.45) is 1.88. The van der Waals surface area contributed by atoms with Crippen molar-refractivity contribution in [2.24, 2.45) is 0 Å². The Kier molecular flexibility index (Phi) is 4.00. The molecule has 6 nitrogen and oxygen atoms in total. The first-order valence-corrected chi connectivity index (χ1v) is 7.58. The summed E-state index contributed by atoms with van der Waals surface area (Å²) < 4.78 is 5.27. The Morgan fingerprint density at radius 2 is 1.95 bits per heavy atom. The number of piperazine rings is 1. The first-order valence-electron chi connectivity index (χ1n) is 6.76. The van der Waals surface area contributed by atoms with Crippen LogP contribution in [0, 0.1) is 6.92 Å². The number of rotatable bonds is 4. The van der Waals surface area contributed by atoms with Crippen molar-refractivity contribution in [3.05, 3.63) is 28.6 Å². The average molecular weight is 293 g/mol. The molecule has 2 N–H and O–H groups in total. The molecule has 0 aliphatic carbocycles. The molecule has 2 aromatic heterocycles. The van der Waals surface area contributed by atoms with Crippen LogP contribution < -0.4 is 5.73 Å². The minimum absolute atomic E-state index is 0.652. The Morgan fingerprint density at radius 1 is 1.25 bits per heavy atom. The number of aromatic nitrogens is 2. The topological polar surface area (TPSA) is 71.4 Å². The monoisotopic (exact) mass is 293 g/mol. The summed E-state index contributed by atoms with van der Waals surface area (Å²) >= 11 is 1.58. The van der Waals surface area contributed by atoms with Gasteiger partial charge in [-0.3, -0.25) is 9.80 Å². The Morgan fingerprint density at radius 3 is 2.50 bits per heavy atom. The fourth-order valence-electron chi connectivity index (χ4n) is 2.43. The molecule has 0 bridgehead atoms. The van der Waals surface area contributed by atoms with Gasteiger partial charge in [-0.2, -0.15) is 0 Å². The van der Waals surface area contributed by atoms with E-state index in [4.69, 9.17) is 10.3 Å². The summed E-state index contributed by atoms with van der Waals surface area (Å²) in [6.45, 7) is 7.97. The van der Waals surface area contributed by atoms with Gasteiger partial charge >= 0.3 is 0 Å². The summed E-state index contributed by atoms with van der Waals surface area (Å²) in [6, 6.07) is 2.01. The highest BCUT2D eigenvalue weighted by atomic mass is 32.1. The van der Waals surface area contributed by atoms with Crippen molar-refractivity contribution in [2.45, 2.75) is 20.0 Å². The maximum absolute atomic E-state index is 5.66. The molecular weight excluding hydrogens is 274 g/mol. The number of anilines is 1. The molecule has 0 spiro atoms. The van der Waals surface area contributed by atoms with Crippen LogP contribution in [0.2, 0.25) is 0 Å². The first-order chi connectivity index (χ1) is 9.69. The number of nitrogens with two attached hydrogens (primary N) is 1. The largest absolute Gasteiger partial charge is 0.375 e. The molecule has 0 unspecified atom stereocenters. The summed E-state index contributed by atoms with van der Waals surface area (Å²) in [5.74, 6) is 0.950. The third kappa shape index (κ3) is 3.36. The van der Waals surface area contributed by atoms with Crippen LogP contribution in [0.25, 0.3) is 0 Å². The lowest BCUT2D eigenvalue weighted by atomic mass is 10.3. The van der Waals surface area contributed by atoms with Crippen LogP contribution in [0.15, 0.2) is 16.8 Å². The van der Waals surface area contributed by atoms with Gasteiger partial charge < -0.3 is 10.3 Å². The maximum Gasteiger partial charge on any atom is 0.180 e. The van der Waals surface area contributed by atoms with Crippen molar-refractivity contribution in [1.29, 1.82) is 0 Å². The first kappa shape index (κ1) is 13.5. The van der Waals surface area contributed by atoms with Gasteiger partial charge in [0, 0.05) is 49.9 Å². The lowest BCUT2D eigenvalue weighted by Crippen LogP contribution is -2.45. The van der Waals surface area contributed by atoms with Crippen molar-refractivity contribution in [1.82, 2.24) is 19.9 Å². The summed E-state index contributed by atoms with van der Waals surface area (Å²) in [4.78, 5) is 10.2. The van der Waals surface area contributed by atoms with Gasteiger partial charge in [0.1, 0.15) is 0 Å². The van der Waals surface area contributed by atoms with Crippen molar-refractivity contribution >= 4 is 16.5 Å². The Labute approximate surface area is 122 Å². The van der Waals surface area contributed by atoms with E-state index in [9.17, 15) is 0 Å². The van der Waals surface area contributed by atoms with Crippen LogP contribution in [-0.4, -0.2) is 46.1 Å². The Balaban J connectivity index is 1.47. The molecule has 108 valence electrons. The number of hydrogen-bond acceptors (Lipinski definition) is 7. The minimum Gasteiger partial charge on any atom is -0.375 e. The highest BCUT2D eigenvalue weighted by Gasteiger charge is 2.18. The predicted molar refractivity (Wildman–Crippen MR) is 78.3 cm³/mol. The third-order valence-corrected chi connectivity index (χ3v) is 4.28. The lowest BCUT2D eigenvalue weighted by Gasteiger charge is -2.33. The van der Waals surface area contributed by atoms with Crippen LogP contribution in [0.3, 0.4) is 0 Å². The molecule has 1 aliphatic rings. The maximum atomic E-state index is 5.66. The van der Waals surface area contributed by atoms with Gasteiger partial charge in [0.25, 0.3) is 0 Å². The number of hydrogen-bond donors (Lipinski definition) is 1. The lowest BCUT2D eigenvalue weighted by molar-refractivity contribution is 0.114. The molecule has 0 amide bonds. The normalized spacial score (nSPS) is 17.6. The third-order valence-electron chi connectivity index (χ3n) is 3.47. The Hall–Kier alpha value is -1.44. The molecule has 0 atom stereocenters. The van der Waals surface area contributed by atoms with Crippen molar-refractivity contribution in [3.63, 3.8) is 0 Å². The number of thiazole rings is 1. The molecule has 1 saturated heterocycles. The molecule has 7 heteroatoms. The minimum atomic E-state index is 0.652. The van der Waals surface area contributed by atoms with Crippen molar-refractivity contribution < 1.29 is 4.52 Å². The van der Waals surface area contributed by atoms with Gasteiger partial charge in [0.15, 0.2) is 10.9 Å². The van der Waals surface area contributed by atoms with Crippen LogP contribution in [0.1, 0.15) is 16.3 Å². The quantitative estimate of drug-likeness (QED) is 0.917. The molecule has 2 aromatic rings. The van der Waals surface area contributed by atoms with E-state index in [-0.39, 0.29) is 0 Å². The van der Waals surface area contributed by atoms with Gasteiger partial charge in [0.05, 0.1) is 12.2 Å². The second kappa shape index (κ2) is 5.90. The predicted octanol–water partition coefficient (Wildman–Crippen LogP) is 1.34. The van der Waals surface area contributed by atoms with E-state index < -0.39 is 0 Å². The standard InChI is InChI=1S/C13H19N5OS/c1-10-6-11(19-16-10)8-17-2-4-18(5-3-17)9-12-7-15-13(14)20-12/h6-7H,2-5,8-9H2,1H3,(H2,14,15). The number of nitrogens with zero attached hydrogens (tertiary/aromatic N) is 4. The second-order valence-corrected chi connectivity index (χ2v) is 6.30. The molecule has 3 rings (SSSR count). The molecule has 0 saturated carbocycles. The average Bonchev–Trinajstić information content (AvgIpc) is 3.01. The molecule has 3 heterocycles. The van der Waals surface area contributed by atoms with Crippen LogP contribution >= 0.6 is 11.3 Å². The van der Waals surface area contributed by atoms with Crippen LogP contribution in [-0.2, 0) is 13.1 Å². The fourth-order valence-corrected chi connectivity index (χ4v) is 3.16. The zero-order valence-corrected chi connectivity index (χ0v) is 12.4. The van der Waals surface area contributed by atoms with Gasteiger partial charge in [-0.05, 0) is 6.92 Å². The van der Waals surface area contributed by atoms with E-state index >= 15 is 0 Å². The second-order valence-electron chi connectivity index (χ2n) is 5.15. The molecular formula is C13H19N5OS. The van der Waals surface area contributed by atoms with Crippen LogP contribution in [0.5, 0.6) is 0 Å². The number of nitrogen functional groups attached to an aromatic ring is 1. The molecule has 0 radical (unpaired) electrons. The molecule has 20 heavy (non-hydrogen) atoms. The Bertz CT molecular complexity index is 508. The van der Waals surface area contributed by atoms with Crippen LogP contribution in [0.4, 0.5) is 5.13 Å². The van der Waals surface area contributed by atoms with E-state index in [1.807, 2.05) is 19.2 Å². The summed E-state index contributed by atoms with van der Waals surface area (Å²) in [5.41, 5.74) is 6.60. The summed E-state index contributed by atoms with van der Waals surface area (Å²) in [5, 5.41) is 4.58. The zero-order valence-electron chi connectivity index (χ0n) is 11.6. The van der Waals surface area contributed by atoms with Gasteiger partial charge in [-0.25, -0.2) is 4.98 Å². The SMILES string of the molecule is Cc1cc(CN2CCN(Cc3cnc(N)s3)CC2)on1. The fraction of sp³-hybridized carbons (Fsp3) is 0.538. The molecule has 1 fully saturated rings. The van der Waals surface area contributed by atoms with Crippen molar-refractivity contribution in [3.8, 4) is 0 Å². The van der Waals surface area contributed by atoms with Gasteiger partial charge in [-0.15, -0.1) is 11.3 Å². The summed E-state index contributed by atoms with van der Waals surface area (Å²) in [7, 11) is 0. The van der Waals surface area contributed by atoms with E-state index in [0.717, 1.165) is 50.7 Å². The van der Waals surface area contributed by atoms with Crippen molar-refractivity contribution in [2.75, 3.05) is 31.9 Å². The van der Waals surface area contributed by atoms with E-state index in [0.29, 0.717) is 5.13 Å². The molecule has 0 aromatic carbocycles. The van der Waals surface area contributed by atoms with E-state index in [2.05, 4.69) is 19.9 Å². The highest BCUT2D eigenvalue weighted by molar-refractivity contribution is 7.15. The van der Waals surface area contributed by atoms with Gasteiger partial charge in [0.2, 0.25) is 0 Å². The van der Waals surface area contributed by atoms with E-state index in [1.165, 1.54) is 4.88 Å². The van der Waals surface area contributed by atoms with Gasteiger partial charge in [-0.1, -0.05) is 5.16 Å².